The maximum atomic E-state index is 9.40. The molecule has 0 radical (unpaired) electrons. The lowest BCUT2D eigenvalue weighted by atomic mass is 9.91. The van der Waals surface area contributed by atoms with E-state index >= 15 is 0 Å². The van der Waals surface area contributed by atoms with Crippen LogP contribution in [0.1, 0.15) is 39.5 Å². The van der Waals surface area contributed by atoms with Gasteiger partial charge in [0.25, 0.3) is 0 Å². The molecule has 104 valence electrons. The maximum Gasteiger partial charge on any atom is 0.162 e. The van der Waals surface area contributed by atoms with Crippen LogP contribution in [0.25, 0.3) is 0 Å². The lowest BCUT2D eigenvalue weighted by Gasteiger charge is -2.37. The van der Waals surface area contributed by atoms with E-state index in [4.69, 9.17) is 18.9 Å². The normalized spacial score (nSPS) is 28.3. The summed E-state index contributed by atoms with van der Waals surface area (Å²) < 4.78 is 21.9. The van der Waals surface area contributed by atoms with Crippen molar-refractivity contribution < 1.29 is 18.9 Å². The fourth-order valence-electron chi connectivity index (χ4n) is 2.17. The van der Waals surface area contributed by atoms with Crippen LogP contribution in [0.15, 0.2) is 0 Å². The van der Waals surface area contributed by atoms with Crippen molar-refractivity contribution in [2.45, 2.75) is 57.7 Å². The molecular weight excluding hydrogens is 234 g/mol. The first-order valence-corrected chi connectivity index (χ1v) is 6.54. The Morgan fingerprint density at radius 1 is 1.39 bits per heavy atom. The molecule has 1 aliphatic rings. The molecule has 2 unspecified atom stereocenters. The molecule has 0 aromatic rings. The Kier molecular flexibility index (Phi) is 6.58. The topological polar surface area (TPSA) is 60.7 Å². The SMILES string of the molecule is CCOC(CC1(C#N)CCCC(OC)O1)OCC. The van der Waals surface area contributed by atoms with Crippen LogP contribution in [-0.4, -0.2) is 38.5 Å². The highest BCUT2D eigenvalue weighted by molar-refractivity contribution is 5.04. The fourth-order valence-corrected chi connectivity index (χ4v) is 2.17. The van der Waals surface area contributed by atoms with Gasteiger partial charge < -0.3 is 18.9 Å². The summed E-state index contributed by atoms with van der Waals surface area (Å²) in [6, 6.07) is 2.27. The van der Waals surface area contributed by atoms with Gasteiger partial charge in [-0.1, -0.05) is 0 Å². The largest absolute Gasteiger partial charge is 0.356 e. The molecule has 0 N–H and O–H groups in total. The molecule has 5 heteroatoms. The van der Waals surface area contributed by atoms with Gasteiger partial charge in [-0.15, -0.1) is 0 Å². The number of nitrogens with zero attached hydrogens (tertiary/aromatic N) is 1. The molecule has 5 nitrogen and oxygen atoms in total. The van der Waals surface area contributed by atoms with Crippen LogP contribution in [0.5, 0.6) is 0 Å². The molecule has 1 aliphatic heterocycles. The average molecular weight is 257 g/mol. The quantitative estimate of drug-likeness (QED) is 0.654. The Labute approximate surface area is 109 Å². The van der Waals surface area contributed by atoms with E-state index in [1.807, 2.05) is 13.8 Å². The zero-order valence-corrected chi connectivity index (χ0v) is 11.5. The van der Waals surface area contributed by atoms with Gasteiger partial charge >= 0.3 is 0 Å². The number of methoxy groups -OCH3 is 1. The minimum Gasteiger partial charge on any atom is -0.356 e. The fraction of sp³-hybridized carbons (Fsp3) is 0.923. The third kappa shape index (κ3) is 4.21. The Morgan fingerprint density at radius 3 is 2.56 bits per heavy atom. The van der Waals surface area contributed by atoms with Crippen molar-refractivity contribution in [3.63, 3.8) is 0 Å². The number of rotatable bonds is 7. The van der Waals surface area contributed by atoms with E-state index in [0.29, 0.717) is 26.1 Å². The summed E-state index contributed by atoms with van der Waals surface area (Å²) in [6.45, 7) is 4.93. The molecule has 1 rings (SSSR count). The highest BCUT2D eigenvalue weighted by Crippen LogP contribution is 2.33. The second-order valence-corrected chi connectivity index (χ2v) is 4.33. The molecule has 0 spiro atoms. The standard InChI is InChI=1S/C13H23NO4/c1-4-16-12(17-5-2)9-13(10-14)8-6-7-11(15-3)18-13/h11-12H,4-9H2,1-3H3. The van der Waals surface area contributed by atoms with Crippen molar-refractivity contribution in [3.05, 3.63) is 0 Å². The minimum atomic E-state index is -0.853. The third-order valence-corrected chi connectivity index (χ3v) is 3.05. The van der Waals surface area contributed by atoms with E-state index in [1.165, 1.54) is 0 Å². The van der Waals surface area contributed by atoms with Crippen molar-refractivity contribution in [1.82, 2.24) is 0 Å². The molecule has 18 heavy (non-hydrogen) atoms. The van der Waals surface area contributed by atoms with E-state index in [0.717, 1.165) is 12.8 Å². The Bertz CT molecular complexity index is 273. The van der Waals surface area contributed by atoms with Crippen molar-refractivity contribution in [2.24, 2.45) is 0 Å². The van der Waals surface area contributed by atoms with Crippen LogP contribution in [0.4, 0.5) is 0 Å². The van der Waals surface area contributed by atoms with E-state index in [1.54, 1.807) is 7.11 Å². The highest BCUT2D eigenvalue weighted by atomic mass is 16.7. The van der Waals surface area contributed by atoms with Crippen molar-refractivity contribution in [3.8, 4) is 6.07 Å². The molecule has 0 aromatic carbocycles. The molecule has 1 fully saturated rings. The summed E-state index contributed by atoms with van der Waals surface area (Å²) in [5.74, 6) is 0. The van der Waals surface area contributed by atoms with Gasteiger partial charge in [0.2, 0.25) is 0 Å². The first kappa shape index (κ1) is 15.4. The molecule has 0 aromatic heterocycles. The predicted molar refractivity (Wildman–Crippen MR) is 65.7 cm³/mol. The number of nitriles is 1. The second-order valence-electron chi connectivity index (χ2n) is 4.33. The summed E-state index contributed by atoms with van der Waals surface area (Å²) in [6.07, 6.45) is 2.16. The molecule has 1 heterocycles. The Hall–Kier alpha value is -0.670. The Balaban J connectivity index is 2.65. The number of ether oxygens (including phenoxy) is 4. The summed E-state index contributed by atoms with van der Waals surface area (Å²) in [5.41, 5.74) is -0.853. The zero-order chi connectivity index (χ0) is 13.4. The van der Waals surface area contributed by atoms with E-state index < -0.39 is 11.9 Å². The predicted octanol–water partition coefficient (Wildman–Crippen LogP) is 2.21. The van der Waals surface area contributed by atoms with E-state index in [-0.39, 0.29) is 6.29 Å². The monoisotopic (exact) mass is 257 g/mol. The van der Waals surface area contributed by atoms with Crippen LogP contribution in [0, 0.1) is 11.3 Å². The lowest BCUT2D eigenvalue weighted by Crippen LogP contribution is -2.43. The molecule has 1 saturated heterocycles. The van der Waals surface area contributed by atoms with E-state index in [9.17, 15) is 5.26 Å². The van der Waals surface area contributed by atoms with Crippen LogP contribution >= 0.6 is 0 Å². The first-order chi connectivity index (χ1) is 8.69. The van der Waals surface area contributed by atoms with Gasteiger partial charge in [-0.25, -0.2) is 0 Å². The summed E-state index contributed by atoms with van der Waals surface area (Å²) in [7, 11) is 1.60. The summed E-state index contributed by atoms with van der Waals surface area (Å²) in [5, 5.41) is 9.40. The molecular formula is C13H23NO4. The summed E-state index contributed by atoms with van der Waals surface area (Å²) >= 11 is 0. The maximum absolute atomic E-state index is 9.40. The molecule has 0 saturated carbocycles. The van der Waals surface area contributed by atoms with Gasteiger partial charge in [0.1, 0.15) is 0 Å². The first-order valence-electron chi connectivity index (χ1n) is 6.54. The third-order valence-electron chi connectivity index (χ3n) is 3.05. The van der Waals surface area contributed by atoms with Crippen molar-refractivity contribution >= 4 is 0 Å². The van der Waals surface area contributed by atoms with Gasteiger partial charge in [0.15, 0.2) is 18.2 Å². The number of hydrogen-bond donors (Lipinski definition) is 0. The van der Waals surface area contributed by atoms with Crippen LogP contribution in [0.2, 0.25) is 0 Å². The van der Waals surface area contributed by atoms with Crippen LogP contribution < -0.4 is 0 Å². The van der Waals surface area contributed by atoms with Gasteiger partial charge in [-0.3, -0.25) is 0 Å². The highest BCUT2D eigenvalue weighted by Gasteiger charge is 2.40. The molecule has 0 aliphatic carbocycles. The van der Waals surface area contributed by atoms with Crippen LogP contribution in [-0.2, 0) is 18.9 Å². The average Bonchev–Trinajstić information content (AvgIpc) is 2.39. The van der Waals surface area contributed by atoms with E-state index in [2.05, 4.69) is 6.07 Å². The smallest absolute Gasteiger partial charge is 0.162 e. The van der Waals surface area contributed by atoms with Crippen molar-refractivity contribution in [2.75, 3.05) is 20.3 Å². The van der Waals surface area contributed by atoms with Gasteiger partial charge in [0, 0.05) is 26.7 Å². The molecule has 2 atom stereocenters. The summed E-state index contributed by atoms with van der Waals surface area (Å²) in [4.78, 5) is 0. The number of hydrogen-bond acceptors (Lipinski definition) is 5. The van der Waals surface area contributed by atoms with Gasteiger partial charge in [0.05, 0.1) is 6.07 Å². The van der Waals surface area contributed by atoms with Crippen molar-refractivity contribution in [1.29, 1.82) is 5.26 Å². The molecule has 0 bridgehead atoms. The Morgan fingerprint density at radius 2 is 2.06 bits per heavy atom. The minimum absolute atomic E-state index is 0.303. The lowest BCUT2D eigenvalue weighted by molar-refractivity contribution is -0.235. The zero-order valence-electron chi connectivity index (χ0n) is 11.5. The second kappa shape index (κ2) is 7.70. The molecule has 0 amide bonds. The van der Waals surface area contributed by atoms with Gasteiger partial charge in [-0.05, 0) is 33.1 Å². The van der Waals surface area contributed by atoms with Gasteiger partial charge in [-0.2, -0.15) is 5.26 Å². The van der Waals surface area contributed by atoms with Crippen LogP contribution in [0.3, 0.4) is 0 Å².